The van der Waals surface area contributed by atoms with Gasteiger partial charge in [0.2, 0.25) is 5.75 Å². The highest BCUT2D eigenvalue weighted by atomic mass is 16.5. The quantitative estimate of drug-likeness (QED) is 0.885. The van der Waals surface area contributed by atoms with Gasteiger partial charge in [-0.2, -0.15) is 5.10 Å². The van der Waals surface area contributed by atoms with Crippen LogP contribution in [0.2, 0.25) is 0 Å². The molecule has 6 nitrogen and oxygen atoms in total. The number of nitrogens with zero attached hydrogens (tertiary/aromatic N) is 1. The first-order valence-corrected chi connectivity index (χ1v) is 6.67. The zero-order valence-electron chi connectivity index (χ0n) is 13.0. The smallest absolute Gasteiger partial charge is 0.203 e. The molecule has 0 atom stereocenters. The molecule has 2 aromatic rings. The molecule has 0 unspecified atom stereocenters. The predicted octanol–water partition coefficient (Wildman–Crippen LogP) is 2.81. The molecule has 1 heterocycles. The SMILES string of the molecule is COc1cc(-c2[nH]nc(N)c2C(C)C)cc(OC)c1OC. The van der Waals surface area contributed by atoms with Crippen molar-refractivity contribution in [2.75, 3.05) is 27.1 Å². The number of aromatic amines is 1. The molecule has 0 spiro atoms. The highest BCUT2D eigenvalue weighted by Gasteiger charge is 2.20. The van der Waals surface area contributed by atoms with Crippen LogP contribution in [-0.2, 0) is 0 Å². The van der Waals surface area contributed by atoms with E-state index < -0.39 is 0 Å². The van der Waals surface area contributed by atoms with Crippen LogP contribution in [0.5, 0.6) is 17.2 Å². The molecule has 21 heavy (non-hydrogen) atoms. The van der Waals surface area contributed by atoms with Crippen LogP contribution in [0.25, 0.3) is 11.3 Å². The molecule has 0 aliphatic heterocycles. The number of benzene rings is 1. The van der Waals surface area contributed by atoms with Crippen molar-refractivity contribution < 1.29 is 14.2 Å². The highest BCUT2D eigenvalue weighted by molar-refractivity contribution is 5.74. The van der Waals surface area contributed by atoms with Gasteiger partial charge in [-0.3, -0.25) is 5.10 Å². The standard InChI is InChI=1S/C15H21N3O3/c1-8(2)12-13(17-18-15(12)16)9-6-10(19-3)14(21-5)11(7-9)20-4/h6-8H,1-5H3,(H3,16,17,18). The summed E-state index contributed by atoms with van der Waals surface area (Å²) in [6.07, 6.45) is 0. The van der Waals surface area contributed by atoms with E-state index in [4.69, 9.17) is 19.9 Å². The van der Waals surface area contributed by atoms with Crippen molar-refractivity contribution in [2.24, 2.45) is 0 Å². The lowest BCUT2D eigenvalue weighted by Crippen LogP contribution is -1.98. The first-order valence-electron chi connectivity index (χ1n) is 6.67. The zero-order chi connectivity index (χ0) is 15.6. The Morgan fingerprint density at radius 3 is 2.05 bits per heavy atom. The van der Waals surface area contributed by atoms with E-state index in [1.165, 1.54) is 0 Å². The molecule has 0 saturated heterocycles. The Morgan fingerprint density at radius 2 is 1.62 bits per heavy atom. The molecule has 0 amide bonds. The summed E-state index contributed by atoms with van der Waals surface area (Å²) >= 11 is 0. The zero-order valence-corrected chi connectivity index (χ0v) is 13.0. The number of methoxy groups -OCH3 is 3. The lowest BCUT2D eigenvalue weighted by atomic mass is 9.98. The molecule has 0 aliphatic rings. The van der Waals surface area contributed by atoms with Gasteiger partial charge in [0, 0.05) is 11.1 Å². The third kappa shape index (κ3) is 2.61. The minimum atomic E-state index is 0.248. The fraction of sp³-hybridized carbons (Fsp3) is 0.400. The van der Waals surface area contributed by atoms with Gasteiger partial charge in [-0.15, -0.1) is 0 Å². The Balaban J connectivity index is 2.65. The Bertz CT molecular complexity index is 610. The predicted molar refractivity (Wildman–Crippen MR) is 82.2 cm³/mol. The summed E-state index contributed by atoms with van der Waals surface area (Å²) in [5.41, 5.74) is 8.67. The van der Waals surface area contributed by atoms with Crippen LogP contribution in [0.4, 0.5) is 5.82 Å². The molecular formula is C15H21N3O3. The second kappa shape index (κ2) is 5.95. The molecule has 1 aromatic heterocycles. The third-order valence-electron chi connectivity index (χ3n) is 3.36. The van der Waals surface area contributed by atoms with Crippen LogP contribution in [0.15, 0.2) is 12.1 Å². The largest absolute Gasteiger partial charge is 0.493 e. The second-order valence-electron chi connectivity index (χ2n) is 4.97. The second-order valence-corrected chi connectivity index (χ2v) is 4.97. The average Bonchev–Trinajstić information content (AvgIpc) is 2.87. The van der Waals surface area contributed by atoms with Crippen molar-refractivity contribution in [2.45, 2.75) is 19.8 Å². The number of anilines is 1. The Kier molecular flexibility index (Phi) is 4.26. The Hall–Kier alpha value is -2.37. The van der Waals surface area contributed by atoms with Gasteiger partial charge in [-0.25, -0.2) is 0 Å². The molecule has 1 aromatic carbocycles. The third-order valence-corrected chi connectivity index (χ3v) is 3.36. The van der Waals surface area contributed by atoms with E-state index in [2.05, 4.69) is 24.0 Å². The van der Waals surface area contributed by atoms with Crippen LogP contribution in [0.1, 0.15) is 25.3 Å². The van der Waals surface area contributed by atoms with Gasteiger partial charge in [0.15, 0.2) is 11.5 Å². The fourth-order valence-electron chi connectivity index (χ4n) is 2.39. The van der Waals surface area contributed by atoms with Crippen molar-refractivity contribution in [3.05, 3.63) is 17.7 Å². The minimum absolute atomic E-state index is 0.248. The van der Waals surface area contributed by atoms with Gasteiger partial charge in [-0.05, 0) is 18.1 Å². The molecule has 0 radical (unpaired) electrons. The van der Waals surface area contributed by atoms with E-state index in [1.54, 1.807) is 21.3 Å². The number of hydrogen-bond donors (Lipinski definition) is 2. The number of nitrogens with one attached hydrogen (secondary N) is 1. The summed E-state index contributed by atoms with van der Waals surface area (Å²) in [4.78, 5) is 0. The number of rotatable bonds is 5. The van der Waals surface area contributed by atoms with Crippen LogP contribution in [0, 0.1) is 0 Å². The summed E-state index contributed by atoms with van der Waals surface area (Å²) < 4.78 is 16.1. The van der Waals surface area contributed by atoms with E-state index >= 15 is 0 Å². The van der Waals surface area contributed by atoms with E-state index in [0.717, 1.165) is 16.8 Å². The summed E-state index contributed by atoms with van der Waals surface area (Å²) in [6, 6.07) is 3.75. The Morgan fingerprint density at radius 1 is 1.05 bits per heavy atom. The fourth-order valence-corrected chi connectivity index (χ4v) is 2.39. The van der Waals surface area contributed by atoms with Crippen molar-refractivity contribution >= 4 is 5.82 Å². The van der Waals surface area contributed by atoms with Gasteiger partial charge in [0.25, 0.3) is 0 Å². The van der Waals surface area contributed by atoms with Gasteiger partial charge in [-0.1, -0.05) is 13.8 Å². The summed E-state index contributed by atoms with van der Waals surface area (Å²) in [5.74, 6) is 2.50. The molecule has 0 bridgehead atoms. The highest BCUT2D eigenvalue weighted by Crippen LogP contribution is 2.42. The lowest BCUT2D eigenvalue weighted by Gasteiger charge is -2.15. The topological polar surface area (TPSA) is 82.4 Å². The van der Waals surface area contributed by atoms with Crippen molar-refractivity contribution in [3.63, 3.8) is 0 Å². The van der Waals surface area contributed by atoms with Crippen LogP contribution in [-0.4, -0.2) is 31.5 Å². The van der Waals surface area contributed by atoms with Crippen LogP contribution < -0.4 is 19.9 Å². The maximum atomic E-state index is 5.95. The van der Waals surface area contributed by atoms with Crippen molar-refractivity contribution in [3.8, 4) is 28.5 Å². The van der Waals surface area contributed by atoms with Crippen molar-refractivity contribution in [1.29, 1.82) is 0 Å². The number of ether oxygens (including phenoxy) is 3. The van der Waals surface area contributed by atoms with E-state index in [-0.39, 0.29) is 5.92 Å². The monoisotopic (exact) mass is 291 g/mol. The molecule has 3 N–H and O–H groups in total. The normalized spacial score (nSPS) is 10.8. The molecule has 0 saturated carbocycles. The minimum Gasteiger partial charge on any atom is -0.493 e. The summed E-state index contributed by atoms with van der Waals surface area (Å²) in [7, 11) is 4.76. The summed E-state index contributed by atoms with van der Waals surface area (Å²) in [5, 5.41) is 7.09. The number of nitrogens with two attached hydrogens (primary N) is 1. The van der Waals surface area contributed by atoms with E-state index in [9.17, 15) is 0 Å². The van der Waals surface area contributed by atoms with Gasteiger partial charge in [0.1, 0.15) is 5.82 Å². The molecule has 6 heteroatoms. The average molecular weight is 291 g/mol. The van der Waals surface area contributed by atoms with E-state index in [1.807, 2.05) is 12.1 Å². The first-order chi connectivity index (χ1) is 10.0. The number of nitrogen functional groups attached to an aromatic ring is 1. The number of hydrogen-bond acceptors (Lipinski definition) is 5. The van der Waals surface area contributed by atoms with Gasteiger partial charge < -0.3 is 19.9 Å². The van der Waals surface area contributed by atoms with E-state index in [0.29, 0.717) is 23.1 Å². The molecule has 114 valence electrons. The van der Waals surface area contributed by atoms with Gasteiger partial charge >= 0.3 is 0 Å². The lowest BCUT2D eigenvalue weighted by molar-refractivity contribution is 0.324. The number of H-pyrrole nitrogens is 1. The molecular weight excluding hydrogens is 270 g/mol. The maximum absolute atomic E-state index is 5.95. The van der Waals surface area contributed by atoms with Crippen molar-refractivity contribution in [1.82, 2.24) is 10.2 Å². The molecule has 0 aliphatic carbocycles. The number of aromatic nitrogens is 2. The van der Waals surface area contributed by atoms with Crippen LogP contribution >= 0.6 is 0 Å². The maximum Gasteiger partial charge on any atom is 0.203 e. The molecule has 0 fully saturated rings. The van der Waals surface area contributed by atoms with Gasteiger partial charge in [0.05, 0.1) is 27.0 Å². The summed E-state index contributed by atoms with van der Waals surface area (Å²) in [6.45, 7) is 4.14. The van der Waals surface area contributed by atoms with Crippen LogP contribution in [0.3, 0.4) is 0 Å². The molecule has 2 rings (SSSR count). The Labute approximate surface area is 124 Å². The first kappa shape index (κ1) is 15.0.